The zero-order valence-corrected chi connectivity index (χ0v) is 24.7. The highest BCUT2D eigenvalue weighted by molar-refractivity contribution is 7.99. The molecular formula is C39H32P2+2. The standard InChI is InChI=1S/C39H32P2/c1-7-20-34(21-8-1)40(35-22-9-2-10-23-35,36-24-11-3-12-25-36)32-19-33-41(37-26-13-4-14-27-37,38-28-15-5-16-29-38)39-30-17-6-18-31-39/h1-18,20-33H/q+2. The van der Waals surface area contributed by atoms with E-state index >= 15 is 0 Å². The quantitative estimate of drug-likeness (QED) is 0.132. The molecule has 0 nitrogen and oxygen atoms in total. The van der Waals surface area contributed by atoms with Crippen LogP contribution in [0.1, 0.15) is 0 Å². The van der Waals surface area contributed by atoms with Gasteiger partial charge in [0.2, 0.25) is 0 Å². The van der Waals surface area contributed by atoms with Crippen LogP contribution in [0.25, 0.3) is 0 Å². The molecule has 0 bridgehead atoms. The van der Waals surface area contributed by atoms with Crippen LogP contribution in [0.5, 0.6) is 0 Å². The van der Waals surface area contributed by atoms with Crippen LogP contribution in [0, 0.1) is 0 Å². The van der Waals surface area contributed by atoms with Crippen LogP contribution >= 0.6 is 14.5 Å². The molecule has 0 spiro atoms. The summed E-state index contributed by atoms with van der Waals surface area (Å²) in [6.45, 7) is 0. The van der Waals surface area contributed by atoms with Crippen molar-refractivity contribution < 1.29 is 0 Å². The lowest BCUT2D eigenvalue weighted by atomic mass is 10.4. The van der Waals surface area contributed by atoms with E-state index in [1.807, 2.05) is 0 Å². The molecule has 0 atom stereocenters. The van der Waals surface area contributed by atoms with E-state index in [2.05, 4.69) is 199 Å². The molecular weight excluding hydrogens is 530 g/mol. The van der Waals surface area contributed by atoms with Crippen LogP contribution in [0.15, 0.2) is 199 Å². The first-order chi connectivity index (χ1) is 20.3. The number of benzene rings is 6. The summed E-state index contributed by atoms with van der Waals surface area (Å²) in [5, 5.41) is 7.92. The Hall–Kier alpha value is -4.30. The second-order valence-electron chi connectivity index (χ2n) is 9.88. The highest BCUT2D eigenvalue weighted by Crippen LogP contribution is 2.59. The first-order valence-corrected chi connectivity index (χ1v) is 17.6. The number of rotatable bonds is 8. The highest BCUT2D eigenvalue weighted by atomic mass is 31.2. The summed E-state index contributed by atoms with van der Waals surface area (Å²) < 4.78 is 0. The topological polar surface area (TPSA) is 0 Å². The first kappa shape index (κ1) is 26.9. The van der Waals surface area contributed by atoms with Crippen molar-refractivity contribution >= 4 is 46.4 Å². The van der Waals surface area contributed by atoms with Crippen molar-refractivity contribution in [3.05, 3.63) is 199 Å². The molecule has 0 unspecified atom stereocenters. The van der Waals surface area contributed by atoms with E-state index in [-0.39, 0.29) is 0 Å². The van der Waals surface area contributed by atoms with Gasteiger partial charge in [0, 0.05) is 0 Å². The van der Waals surface area contributed by atoms with Crippen molar-refractivity contribution in [2.75, 3.05) is 0 Å². The van der Waals surface area contributed by atoms with Gasteiger partial charge in [0.25, 0.3) is 0 Å². The maximum absolute atomic E-state index is 3.91. The minimum atomic E-state index is -2.16. The van der Waals surface area contributed by atoms with E-state index in [1.54, 1.807) is 0 Å². The Balaban J connectivity index is 1.68. The van der Waals surface area contributed by atoms with E-state index in [1.165, 1.54) is 31.8 Å². The Labute approximate surface area is 245 Å². The molecule has 6 aromatic rings. The molecule has 0 aliphatic heterocycles. The summed E-state index contributed by atoms with van der Waals surface area (Å²) in [6, 6.07) is 65.8. The maximum Gasteiger partial charge on any atom is 0.145 e. The summed E-state index contributed by atoms with van der Waals surface area (Å²) in [5.74, 6) is 4.80. The second-order valence-corrected chi connectivity index (χ2v) is 16.4. The summed E-state index contributed by atoms with van der Waals surface area (Å²) in [7, 11) is -4.33. The molecule has 2 heteroatoms. The lowest BCUT2D eigenvalue weighted by Crippen LogP contribution is -2.30. The zero-order valence-electron chi connectivity index (χ0n) is 22.9. The SMILES string of the molecule is C(=C[P+](c1ccccc1)(c1ccccc1)c1ccccc1)=C[P+](c1ccccc1)(c1ccccc1)c1ccccc1. The second kappa shape index (κ2) is 12.5. The minimum Gasteiger partial charge on any atom is -0.0620 e. The summed E-state index contributed by atoms with van der Waals surface area (Å²) in [4.78, 5) is 0. The summed E-state index contributed by atoms with van der Waals surface area (Å²) >= 11 is 0. The van der Waals surface area contributed by atoms with Crippen molar-refractivity contribution in [3.8, 4) is 0 Å². The van der Waals surface area contributed by atoms with Gasteiger partial charge < -0.3 is 0 Å². The van der Waals surface area contributed by atoms with Gasteiger partial charge in [0.05, 0.1) is 0 Å². The molecule has 0 saturated heterocycles. The van der Waals surface area contributed by atoms with E-state index in [9.17, 15) is 0 Å². The van der Waals surface area contributed by atoms with Gasteiger partial charge in [-0.3, -0.25) is 0 Å². The number of hydrogen-bond donors (Lipinski definition) is 0. The largest absolute Gasteiger partial charge is 0.145 e. The molecule has 6 aromatic carbocycles. The lowest BCUT2D eigenvalue weighted by Gasteiger charge is -2.24. The molecule has 0 aliphatic carbocycles. The smallest absolute Gasteiger partial charge is 0.0620 e. The Kier molecular flexibility index (Phi) is 8.18. The molecule has 0 fully saturated rings. The van der Waals surface area contributed by atoms with E-state index in [4.69, 9.17) is 0 Å². The van der Waals surface area contributed by atoms with Crippen LogP contribution in [-0.4, -0.2) is 0 Å². The van der Waals surface area contributed by atoms with Gasteiger partial charge in [-0.1, -0.05) is 109 Å². The van der Waals surface area contributed by atoms with Gasteiger partial charge in [-0.2, -0.15) is 0 Å². The Morgan fingerprint density at radius 2 is 0.439 bits per heavy atom. The summed E-state index contributed by atoms with van der Waals surface area (Å²) in [6.07, 6.45) is 0. The molecule has 0 radical (unpaired) electrons. The van der Waals surface area contributed by atoms with Crippen molar-refractivity contribution in [2.24, 2.45) is 0 Å². The molecule has 0 heterocycles. The fourth-order valence-corrected chi connectivity index (χ4v) is 12.8. The summed E-state index contributed by atoms with van der Waals surface area (Å²) in [5.41, 5.74) is 3.91. The van der Waals surface area contributed by atoms with Crippen molar-refractivity contribution in [3.63, 3.8) is 0 Å². The number of hydrogen-bond acceptors (Lipinski definition) is 0. The molecule has 0 N–H and O–H groups in total. The fraction of sp³-hybridized carbons (Fsp3) is 0. The third kappa shape index (κ3) is 5.27. The van der Waals surface area contributed by atoms with Crippen LogP contribution in [-0.2, 0) is 0 Å². The molecule has 0 aliphatic rings. The molecule has 0 saturated carbocycles. The molecule has 6 rings (SSSR count). The average molecular weight is 563 g/mol. The van der Waals surface area contributed by atoms with Crippen molar-refractivity contribution in [1.29, 1.82) is 0 Å². The third-order valence-electron chi connectivity index (χ3n) is 7.52. The van der Waals surface area contributed by atoms with Gasteiger partial charge in [-0.05, 0) is 78.5 Å². The lowest BCUT2D eigenvalue weighted by molar-refractivity contribution is 1.72. The fourth-order valence-electron chi connectivity index (χ4n) is 5.58. The van der Waals surface area contributed by atoms with Gasteiger partial charge in [0.15, 0.2) is 0 Å². The molecule has 0 aromatic heterocycles. The van der Waals surface area contributed by atoms with Gasteiger partial charge >= 0.3 is 0 Å². The van der Waals surface area contributed by atoms with Crippen LogP contribution in [0.3, 0.4) is 0 Å². The minimum absolute atomic E-state index is 1.32. The van der Waals surface area contributed by atoms with Crippen molar-refractivity contribution in [1.82, 2.24) is 0 Å². The Bertz CT molecular complexity index is 1400. The molecule has 41 heavy (non-hydrogen) atoms. The predicted octanol–water partition coefficient (Wildman–Crippen LogP) is 7.60. The highest BCUT2D eigenvalue weighted by Gasteiger charge is 2.46. The zero-order chi connectivity index (χ0) is 27.8. The van der Waals surface area contributed by atoms with Gasteiger partial charge in [-0.25, -0.2) is 0 Å². The van der Waals surface area contributed by atoms with E-state index in [0.29, 0.717) is 0 Å². The molecule has 0 amide bonds. The Morgan fingerprint density at radius 1 is 0.268 bits per heavy atom. The van der Waals surface area contributed by atoms with Crippen LogP contribution in [0.2, 0.25) is 0 Å². The maximum atomic E-state index is 3.91. The normalized spacial score (nSPS) is 11.3. The van der Waals surface area contributed by atoms with Crippen LogP contribution in [0.4, 0.5) is 0 Å². The van der Waals surface area contributed by atoms with Crippen molar-refractivity contribution in [2.45, 2.75) is 0 Å². The van der Waals surface area contributed by atoms with Gasteiger partial charge in [-0.15, -0.1) is 0 Å². The monoisotopic (exact) mass is 562 g/mol. The van der Waals surface area contributed by atoms with Crippen LogP contribution < -0.4 is 31.8 Å². The van der Waals surface area contributed by atoms with Gasteiger partial charge in [0.1, 0.15) is 58.0 Å². The average Bonchev–Trinajstić information content (AvgIpc) is 3.08. The third-order valence-corrected chi connectivity index (χ3v) is 15.3. The van der Waals surface area contributed by atoms with E-state index in [0.717, 1.165) is 0 Å². The van der Waals surface area contributed by atoms with E-state index < -0.39 is 14.5 Å². The Morgan fingerprint density at radius 3 is 0.610 bits per heavy atom. The molecule has 196 valence electrons. The first-order valence-electron chi connectivity index (χ1n) is 13.9. The predicted molar refractivity (Wildman–Crippen MR) is 183 cm³/mol.